The summed E-state index contributed by atoms with van der Waals surface area (Å²) >= 11 is 0. The standard InChI is InChI=1S/C29H51NO6/c1-18(2)21(7)15-25(31)24(30)17-23(19(3)4)28(36-29(32)20(5)6)22-11-12-26(34-9)27(16-22)35-14-10-13-33-8/h11-12,16,18-21,23-25,28,31H,10,13-15,17,30H2,1-9H3/t21?,23?,24?,25-,28?/m0/s1. The lowest BCUT2D eigenvalue weighted by atomic mass is 9.79. The highest BCUT2D eigenvalue weighted by molar-refractivity contribution is 5.72. The molecule has 0 heterocycles. The fourth-order valence-corrected chi connectivity index (χ4v) is 4.08. The van der Waals surface area contributed by atoms with E-state index >= 15 is 0 Å². The Morgan fingerprint density at radius 2 is 1.61 bits per heavy atom. The number of carbonyl (C=O) groups is 1. The molecule has 3 N–H and O–H groups in total. The van der Waals surface area contributed by atoms with Crippen molar-refractivity contribution < 1.29 is 28.8 Å². The van der Waals surface area contributed by atoms with Crippen LogP contribution in [-0.2, 0) is 14.3 Å². The third-order valence-corrected chi connectivity index (χ3v) is 7.02. The van der Waals surface area contributed by atoms with Gasteiger partial charge in [0.2, 0.25) is 0 Å². The second-order valence-corrected chi connectivity index (χ2v) is 10.9. The first kappa shape index (κ1) is 32.2. The number of nitrogens with two attached hydrogens (primary N) is 1. The number of hydrogen-bond donors (Lipinski definition) is 2. The van der Waals surface area contributed by atoms with Crippen LogP contribution in [-0.4, -0.2) is 50.7 Å². The summed E-state index contributed by atoms with van der Waals surface area (Å²) in [6.45, 7) is 15.4. The van der Waals surface area contributed by atoms with Gasteiger partial charge in [-0.15, -0.1) is 0 Å². The average Bonchev–Trinajstić information content (AvgIpc) is 2.83. The van der Waals surface area contributed by atoms with Gasteiger partial charge in [0.25, 0.3) is 0 Å². The van der Waals surface area contributed by atoms with E-state index in [2.05, 4.69) is 34.6 Å². The smallest absolute Gasteiger partial charge is 0.308 e. The number of hydrogen-bond acceptors (Lipinski definition) is 7. The zero-order chi connectivity index (χ0) is 27.4. The Labute approximate surface area is 219 Å². The first-order chi connectivity index (χ1) is 16.9. The van der Waals surface area contributed by atoms with Crippen LogP contribution in [0.3, 0.4) is 0 Å². The molecule has 36 heavy (non-hydrogen) atoms. The Balaban J connectivity index is 3.29. The quantitative estimate of drug-likeness (QED) is 0.215. The highest BCUT2D eigenvalue weighted by Crippen LogP contribution is 2.39. The monoisotopic (exact) mass is 509 g/mol. The second-order valence-electron chi connectivity index (χ2n) is 10.9. The van der Waals surface area contributed by atoms with Crippen LogP contribution in [0.4, 0.5) is 0 Å². The third kappa shape index (κ3) is 10.3. The van der Waals surface area contributed by atoms with Gasteiger partial charge in [0, 0.05) is 32.1 Å². The molecule has 208 valence electrons. The van der Waals surface area contributed by atoms with Gasteiger partial charge in [-0.05, 0) is 48.3 Å². The Hall–Kier alpha value is -1.83. The summed E-state index contributed by atoms with van der Waals surface area (Å²) in [5, 5.41) is 10.9. The average molecular weight is 510 g/mol. The zero-order valence-corrected chi connectivity index (χ0v) is 24.0. The molecule has 7 heteroatoms. The van der Waals surface area contributed by atoms with Gasteiger partial charge in [-0.1, -0.05) is 54.5 Å². The van der Waals surface area contributed by atoms with Crippen molar-refractivity contribution in [2.24, 2.45) is 35.3 Å². The van der Waals surface area contributed by atoms with Crippen LogP contribution in [0.1, 0.15) is 79.4 Å². The number of esters is 1. The molecular formula is C29H51NO6. The van der Waals surface area contributed by atoms with Gasteiger partial charge in [-0.25, -0.2) is 0 Å². The van der Waals surface area contributed by atoms with Crippen molar-refractivity contribution >= 4 is 5.97 Å². The molecule has 0 aliphatic rings. The molecule has 7 nitrogen and oxygen atoms in total. The van der Waals surface area contributed by atoms with E-state index in [9.17, 15) is 9.90 Å². The maximum absolute atomic E-state index is 12.8. The molecule has 1 aromatic carbocycles. The zero-order valence-electron chi connectivity index (χ0n) is 24.0. The lowest BCUT2D eigenvalue weighted by Crippen LogP contribution is -2.40. The van der Waals surface area contributed by atoms with Gasteiger partial charge < -0.3 is 29.8 Å². The molecule has 0 bridgehead atoms. The minimum atomic E-state index is -0.624. The van der Waals surface area contributed by atoms with E-state index in [0.29, 0.717) is 49.4 Å². The van der Waals surface area contributed by atoms with E-state index in [0.717, 1.165) is 12.0 Å². The molecule has 5 atom stereocenters. The van der Waals surface area contributed by atoms with Gasteiger partial charge in [-0.3, -0.25) is 4.79 Å². The summed E-state index contributed by atoms with van der Waals surface area (Å²) in [6, 6.07) is 5.22. The molecule has 0 aliphatic heterocycles. The van der Waals surface area contributed by atoms with Crippen molar-refractivity contribution in [3.05, 3.63) is 23.8 Å². The van der Waals surface area contributed by atoms with Gasteiger partial charge in [0.05, 0.1) is 25.7 Å². The number of benzene rings is 1. The van der Waals surface area contributed by atoms with E-state index in [-0.39, 0.29) is 23.7 Å². The lowest BCUT2D eigenvalue weighted by Gasteiger charge is -2.34. The normalized spacial score (nSPS) is 16.1. The predicted molar refractivity (Wildman–Crippen MR) is 144 cm³/mol. The first-order valence-corrected chi connectivity index (χ1v) is 13.4. The van der Waals surface area contributed by atoms with Gasteiger partial charge in [0.15, 0.2) is 11.5 Å². The minimum absolute atomic E-state index is 0.0959. The van der Waals surface area contributed by atoms with Crippen molar-refractivity contribution in [3.8, 4) is 11.5 Å². The first-order valence-electron chi connectivity index (χ1n) is 13.4. The molecule has 0 saturated carbocycles. The molecule has 0 fully saturated rings. The topological polar surface area (TPSA) is 100 Å². The summed E-state index contributed by atoms with van der Waals surface area (Å²) in [4.78, 5) is 12.8. The number of carbonyl (C=O) groups excluding carboxylic acids is 1. The van der Waals surface area contributed by atoms with Crippen molar-refractivity contribution in [1.29, 1.82) is 0 Å². The number of methoxy groups -OCH3 is 2. The van der Waals surface area contributed by atoms with E-state index < -0.39 is 18.2 Å². The summed E-state index contributed by atoms with van der Waals surface area (Å²) in [6.07, 6.45) is 0.748. The van der Waals surface area contributed by atoms with Crippen LogP contribution in [0.5, 0.6) is 11.5 Å². The van der Waals surface area contributed by atoms with Gasteiger partial charge in [-0.2, -0.15) is 0 Å². The lowest BCUT2D eigenvalue weighted by molar-refractivity contribution is -0.157. The molecule has 0 amide bonds. The summed E-state index contributed by atoms with van der Waals surface area (Å²) in [7, 11) is 3.26. The van der Waals surface area contributed by atoms with Gasteiger partial charge in [0.1, 0.15) is 6.10 Å². The number of rotatable bonds is 17. The molecule has 0 aliphatic carbocycles. The summed E-state index contributed by atoms with van der Waals surface area (Å²) in [5.74, 6) is 1.55. The van der Waals surface area contributed by atoms with Crippen molar-refractivity contribution in [1.82, 2.24) is 0 Å². The van der Waals surface area contributed by atoms with Crippen LogP contribution < -0.4 is 15.2 Å². The van der Waals surface area contributed by atoms with E-state index in [1.165, 1.54) is 0 Å². The minimum Gasteiger partial charge on any atom is -0.493 e. The molecule has 1 aromatic rings. The number of aliphatic hydroxyl groups excluding tert-OH is 1. The van der Waals surface area contributed by atoms with E-state index in [1.54, 1.807) is 14.2 Å². The Bertz CT molecular complexity index is 766. The maximum atomic E-state index is 12.8. The molecule has 0 saturated heterocycles. The van der Waals surface area contributed by atoms with E-state index in [4.69, 9.17) is 24.7 Å². The molecule has 0 spiro atoms. The fraction of sp³-hybridized carbons (Fsp3) is 0.759. The van der Waals surface area contributed by atoms with Crippen molar-refractivity contribution in [2.75, 3.05) is 27.4 Å². The molecule has 1 rings (SSSR count). The van der Waals surface area contributed by atoms with Crippen LogP contribution in [0.2, 0.25) is 0 Å². The summed E-state index contributed by atoms with van der Waals surface area (Å²) in [5.41, 5.74) is 7.36. The Kier molecular flexibility index (Phi) is 14.4. The summed E-state index contributed by atoms with van der Waals surface area (Å²) < 4.78 is 22.7. The van der Waals surface area contributed by atoms with E-state index in [1.807, 2.05) is 32.0 Å². The van der Waals surface area contributed by atoms with Crippen LogP contribution in [0, 0.1) is 29.6 Å². The molecular weight excluding hydrogens is 458 g/mol. The largest absolute Gasteiger partial charge is 0.493 e. The van der Waals surface area contributed by atoms with Gasteiger partial charge >= 0.3 is 5.97 Å². The van der Waals surface area contributed by atoms with Crippen LogP contribution in [0.15, 0.2) is 18.2 Å². The van der Waals surface area contributed by atoms with Crippen molar-refractivity contribution in [2.45, 2.75) is 86.0 Å². The fourth-order valence-electron chi connectivity index (χ4n) is 4.08. The Morgan fingerprint density at radius 3 is 2.14 bits per heavy atom. The maximum Gasteiger partial charge on any atom is 0.308 e. The Morgan fingerprint density at radius 1 is 0.944 bits per heavy atom. The number of aliphatic hydroxyl groups is 1. The molecule has 4 unspecified atom stereocenters. The second kappa shape index (κ2) is 16.1. The highest BCUT2D eigenvalue weighted by Gasteiger charge is 2.34. The van der Waals surface area contributed by atoms with Crippen molar-refractivity contribution in [3.63, 3.8) is 0 Å². The SMILES string of the molecule is COCCCOc1cc(C(OC(=O)C(C)C)C(CC(N)[C@@H](O)CC(C)C(C)C)C(C)C)ccc1OC. The van der Waals surface area contributed by atoms with Crippen LogP contribution in [0.25, 0.3) is 0 Å². The number of ether oxygens (including phenoxy) is 4. The molecule has 0 radical (unpaired) electrons. The highest BCUT2D eigenvalue weighted by atomic mass is 16.5. The molecule has 0 aromatic heterocycles. The third-order valence-electron chi connectivity index (χ3n) is 7.02. The van der Waals surface area contributed by atoms with Crippen LogP contribution >= 0.6 is 0 Å². The predicted octanol–water partition coefficient (Wildman–Crippen LogP) is 5.38.